The predicted molar refractivity (Wildman–Crippen MR) is 178 cm³/mol. The zero-order chi connectivity index (χ0) is 31.2. The third-order valence-corrected chi connectivity index (χ3v) is 8.65. The average Bonchev–Trinajstić information content (AvgIpc) is 3.04. The van der Waals surface area contributed by atoms with Crippen LogP contribution in [0.25, 0.3) is 11.1 Å². The molecule has 1 fully saturated rings. The van der Waals surface area contributed by atoms with Crippen LogP contribution in [0.4, 0.5) is 4.79 Å². The van der Waals surface area contributed by atoms with E-state index in [0.717, 1.165) is 42.6 Å². The largest absolute Gasteiger partial charge is 0.514 e. The Labute approximate surface area is 266 Å². The minimum absolute atomic E-state index is 0.221. The number of aryl methyl sites for hydroxylation is 1. The van der Waals surface area contributed by atoms with Crippen LogP contribution in [0.3, 0.4) is 0 Å². The van der Waals surface area contributed by atoms with Crippen molar-refractivity contribution >= 4 is 12.1 Å². The molecule has 0 unspecified atom stereocenters. The predicted octanol–water partition coefficient (Wildman–Crippen LogP) is 9.86. The van der Waals surface area contributed by atoms with Gasteiger partial charge in [-0.2, -0.15) is 0 Å². The Balaban J connectivity index is 1.28. The highest BCUT2D eigenvalue weighted by atomic mass is 16.7. The molecule has 0 spiro atoms. The van der Waals surface area contributed by atoms with E-state index in [9.17, 15) is 9.59 Å². The van der Waals surface area contributed by atoms with E-state index in [1.165, 1.54) is 83.5 Å². The van der Waals surface area contributed by atoms with E-state index in [4.69, 9.17) is 9.47 Å². The summed E-state index contributed by atoms with van der Waals surface area (Å²) in [6.45, 7) is 5.74. The molecule has 0 radical (unpaired) electrons. The van der Waals surface area contributed by atoms with Gasteiger partial charge in [0.1, 0.15) is 17.7 Å². The lowest BCUT2D eigenvalue weighted by Crippen LogP contribution is -2.41. The number of nitrogens with zero attached hydrogens (tertiary/aromatic N) is 3. The Bertz CT molecular complexity index is 1050. The smallest absolute Gasteiger partial charge is 0.431 e. The van der Waals surface area contributed by atoms with E-state index in [1.54, 1.807) is 12.1 Å². The number of piperidine rings is 1. The summed E-state index contributed by atoms with van der Waals surface area (Å²) in [6, 6.07) is 7.32. The van der Waals surface area contributed by atoms with Gasteiger partial charge in [-0.3, -0.25) is 4.79 Å². The lowest BCUT2D eigenvalue weighted by atomic mass is 10.1. The summed E-state index contributed by atoms with van der Waals surface area (Å²) in [5.41, 5.74) is 1.90. The molecule has 1 amide bonds. The van der Waals surface area contributed by atoms with Gasteiger partial charge in [0.2, 0.25) is 5.91 Å². The molecule has 1 aliphatic rings. The fourth-order valence-electron chi connectivity index (χ4n) is 5.81. The Morgan fingerprint density at radius 2 is 1.23 bits per heavy atom. The molecule has 0 atom stereocenters. The van der Waals surface area contributed by atoms with Crippen LogP contribution in [0.1, 0.15) is 142 Å². The number of benzene rings is 1. The van der Waals surface area contributed by atoms with Gasteiger partial charge in [-0.25, -0.2) is 14.8 Å². The maximum absolute atomic E-state index is 12.5. The first-order chi connectivity index (χ1) is 21.6. The van der Waals surface area contributed by atoms with Gasteiger partial charge in [0, 0.05) is 56.7 Å². The number of aromatic nitrogens is 2. The van der Waals surface area contributed by atoms with Crippen LogP contribution in [-0.4, -0.2) is 46.1 Å². The maximum atomic E-state index is 12.5. The second kappa shape index (κ2) is 21.7. The number of hydrogen-bond acceptors (Lipinski definition) is 6. The van der Waals surface area contributed by atoms with Crippen molar-refractivity contribution in [3.8, 4) is 16.9 Å². The van der Waals surface area contributed by atoms with Gasteiger partial charge in [-0.15, -0.1) is 0 Å². The number of amides is 1. The summed E-state index contributed by atoms with van der Waals surface area (Å²) in [5.74, 6) is 1.55. The SMILES string of the molecule is CCCCCCCCCCCc1ncc(-c2ccc(OC(=O)OC3CCN(C(=O)CCCCCCCCC)CC3)cc2)cn1. The van der Waals surface area contributed by atoms with E-state index in [1.807, 2.05) is 29.4 Å². The van der Waals surface area contributed by atoms with Gasteiger partial charge in [0.05, 0.1) is 0 Å². The number of carbonyl (C=O) groups is 2. The number of unbranched alkanes of at least 4 members (excludes halogenated alkanes) is 14. The van der Waals surface area contributed by atoms with Crippen molar-refractivity contribution in [2.24, 2.45) is 0 Å². The quantitative estimate of drug-likeness (QED) is 0.0798. The Kier molecular flexibility index (Phi) is 17.5. The summed E-state index contributed by atoms with van der Waals surface area (Å²) in [7, 11) is 0. The maximum Gasteiger partial charge on any atom is 0.514 e. The van der Waals surface area contributed by atoms with Crippen molar-refractivity contribution in [3.63, 3.8) is 0 Å². The third kappa shape index (κ3) is 14.2. The highest BCUT2D eigenvalue weighted by Crippen LogP contribution is 2.23. The molecule has 7 nitrogen and oxygen atoms in total. The first kappa shape index (κ1) is 35.5. The minimum Gasteiger partial charge on any atom is -0.431 e. The highest BCUT2D eigenvalue weighted by Gasteiger charge is 2.25. The van der Waals surface area contributed by atoms with E-state index in [2.05, 4.69) is 23.8 Å². The summed E-state index contributed by atoms with van der Waals surface area (Å²) in [4.78, 5) is 36.0. The van der Waals surface area contributed by atoms with Crippen molar-refractivity contribution in [2.45, 2.75) is 148 Å². The first-order valence-corrected chi connectivity index (χ1v) is 17.7. The van der Waals surface area contributed by atoms with E-state index >= 15 is 0 Å². The molecule has 3 rings (SSSR count). The Morgan fingerprint density at radius 3 is 1.80 bits per heavy atom. The van der Waals surface area contributed by atoms with Crippen molar-refractivity contribution in [2.75, 3.05) is 13.1 Å². The highest BCUT2D eigenvalue weighted by molar-refractivity contribution is 5.76. The normalized spacial score (nSPS) is 13.6. The molecular weight excluding hydrogens is 550 g/mol. The van der Waals surface area contributed by atoms with Crippen LogP contribution < -0.4 is 4.74 Å². The number of hydrogen-bond donors (Lipinski definition) is 0. The minimum atomic E-state index is -0.699. The summed E-state index contributed by atoms with van der Waals surface area (Å²) in [6.07, 6.45) is 25.9. The van der Waals surface area contributed by atoms with E-state index in [0.29, 0.717) is 38.1 Å². The molecule has 0 bridgehead atoms. The second-order valence-corrected chi connectivity index (χ2v) is 12.4. The molecule has 1 aromatic carbocycles. The van der Waals surface area contributed by atoms with Crippen LogP contribution in [0.5, 0.6) is 5.75 Å². The number of rotatable bonds is 21. The molecule has 44 heavy (non-hydrogen) atoms. The molecule has 1 saturated heterocycles. The molecule has 1 aliphatic heterocycles. The van der Waals surface area contributed by atoms with Gasteiger partial charge in [-0.1, -0.05) is 116 Å². The standard InChI is InChI=1S/C37H57N3O4/c1-3-5-7-9-11-12-14-15-17-19-35-38-29-32(30-39-35)31-21-23-33(24-22-31)43-37(42)44-34-25-27-40(28-26-34)36(41)20-18-16-13-10-8-6-4-2/h21-24,29-30,34H,3-20,25-28H2,1-2H3. The Morgan fingerprint density at radius 1 is 0.705 bits per heavy atom. The Hall–Kier alpha value is -2.96. The molecule has 0 aliphatic carbocycles. The molecule has 244 valence electrons. The number of ether oxygens (including phenoxy) is 2. The first-order valence-electron chi connectivity index (χ1n) is 17.7. The van der Waals surface area contributed by atoms with Gasteiger partial charge in [0.15, 0.2) is 0 Å². The molecule has 2 aromatic rings. The molecular formula is C37H57N3O4. The number of carbonyl (C=O) groups excluding carboxylic acids is 2. The molecule has 2 heterocycles. The lowest BCUT2D eigenvalue weighted by Gasteiger charge is -2.31. The van der Waals surface area contributed by atoms with Crippen molar-refractivity contribution in [1.29, 1.82) is 0 Å². The van der Waals surface area contributed by atoms with Crippen molar-refractivity contribution < 1.29 is 19.1 Å². The summed E-state index contributed by atoms with van der Waals surface area (Å²) in [5, 5.41) is 0. The summed E-state index contributed by atoms with van der Waals surface area (Å²) < 4.78 is 11.0. The molecule has 1 aromatic heterocycles. The van der Waals surface area contributed by atoms with Gasteiger partial charge in [-0.05, 0) is 30.5 Å². The van der Waals surface area contributed by atoms with Crippen LogP contribution in [0.2, 0.25) is 0 Å². The summed E-state index contributed by atoms with van der Waals surface area (Å²) >= 11 is 0. The van der Waals surface area contributed by atoms with Crippen LogP contribution in [0, 0.1) is 0 Å². The van der Waals surface area contributed by atoms with E-state index < -0.39 is 6.16 Å². The van der Waals surface area contributed by atoms with Crippen LogP contribution >= 0.6 is 0 Å². The second-order valence-electron chi connectivity index (χ2n) is 12.4. The van der Waals surface area contributed by atoms with Gasteiger partial charge < -0.3 is 14.4 Å². The van der Waals surface area contributed by atoms with Gasteiger partial charge >= 0.3 is 6.16 Å². The van der Waals surface area contributed by atoms with Gasteiger partial charge in [0.25, 0.3) is 0 Å². The fourth-order valence-corrected chi connectivity index (χ4v) is 5.81. The average molecular weight is 608 g/mol. The van der Waals surface area contributed by atoms with Crippen LogP contribution in [0.15, 0.2) is 36.7 Å². The van der Waals surface area contributed by atoms with Crippen LogP contribution in [-0.2, 0) is 16.0 Å². The topological polar surface area (TPSA) is 81.6 Å². The lowest BCUT2D eigenvalue weighted by molar-refractivity contribution is -0.133. The molecule has 0 N–H and O–H groups in total. The van der Waals surface area contributed by atoms with E-state index in [-0.39, 0.29) is 12.0 Å². The zero-order valence-electron chi connectivity index (χ0n) is 27.6. The zero-order valence-corrected chi connectivity index (χ0v) is 27.6. The van der Waals surface area contributed by atoms with Crippen molar-refractivity contribution in [1.82, 2.24) is 14.9 Å². The van der Waals surface area contributed by atoms with Crippen molar-refractivity contribution in [3.05, 3.63) is 42.5 Å². The fraction of sp³-hybridized carbons (Fsp3) is 0.676. The number of likely N-dealkylation sites (tertiary alicyclic amines) is 1. The third-order valence-electron chi connectivity index (χ3n) is 8.65. The molecule has 7 heteroatoms. The monoisotopic (exact) mass is 607 g/mol. The molecule has 0 saturated carbocycles.